The van der Waals surface area contributed by atoms with Gasteiger partial charge in [-0.2, -0.15) is 0 Å². The first-order valence-electron chi connectivity index (χ1n) is 11.4. The Hall–Kier alpha value is -1.82. The molecule has 0 radical (unpaired) electrons. The molecule has 0 saturated carbocycles. The van der Waals surface area contributed by atoms with Crippen molar-refractivity contribution in [3.63, 3.8) is 0 Å². The van der Waals surface area contributed by atoms with E-state index in [0.29, 0.717) is 0 Å². The highest BCUT2D eigenvalue weighted by Crippen LogP contribution is 2.51. The first-order valence-corrected chi connectivity index (χ1v) is 11.4. The number of aryl methyl sites for hydroxylation is 2. The Bertz CT molecular complexity index is 910. The molecule has 0 heteroatoms. The molecule has 0 heterocycles. The molecule has 28 heavy (non-hydrogen) atoms. The van der Waals surface area contributed by atoms with Crippen molar-refractivity contribution in [2.75, 3.05) is 0 Å². The first kappa shape index (κ1) is 19.5. The SMILES string of the molecule is Cc1ccc2c(c1)C1=C(CCC(C)CCCC(C)C)CCc3c(C)ccc-2c31. The molecule has 0 aliphatic heterocycles. The van der Waals surface area contributed by atoms with Crippen LogP contribution < -0.4 is 0 Å². The second-order valence-electron chi connectivity index (χ2n) is 9.78. The molecule has 1 atom stereocenters. The van der Waals surface area contributed by atoms with Gasteiger partial charge in [-0.1, -0.05) is 81.5 Å². The van der Waals surface area contributed by atoms with Crippen LogP contribution in [-0.4, -0.2) is 0 Å². The van der Waals surface area contributed by atoms with Crippen LogP contribution >= 0.6 is 0 Å². The van der Waals surface area contributed by atoms with Gasteiger partial charge in [-0.15, -0.1) is 0 Å². The lowest BCUT2D eigenvalue weighted by atomic mass is 9.80. The average Bonchev–Trinajstić information content (AvgIpc) is 2.98. The topological polar surface area (TPSA) is 0 Å². The van der Waals surface area contributed by atoms with E-state index < -0.39 is 0 Å². The minimum atomic E-state index is 0.837. The van der Waals surface area contributed by atoms with E-state index in [2.05, 4.69) is 65.0 Å². The van der Waals surface area contributed by atoms with Crippen molar-refractivity contribution in [3.8, 4) is 11.1 Å². The van der Waals surface area contributed by atoms with Crippen LogP contribution in [0.4, 0.5) is 0 Å². The van der Waals surface area contributed by atoms with Gasteiger partial charge in [-0.25, -0.2) is 0 Å². The van der Waals surface area contributed by atoms with Crippen LogP contribution in [0.1, 0.15) is 87.1 Å². The lowest BCUT2D eigenvalue weighted by Gasteiger charge is -2.24. The Morgan fingerprint density at radius 1 is 0.821 bits per heavy atom. The molecule has 2 aliphatic rings. The molecule has 0 bridgehead atoms. The van der Waals surface area contributed by atoms with Gasteiger partial charge in [0.15, 0.2) is 0 Å². The zero-order chi connectivity index (χ0) is 19.8. The summed E-state index contributed by atoms with van der Waals surface area (Å²) < 4.78 is 0. The maximum Gasteiger partial charge on any atom is -0.00645 e. The second-order valence-corrected chi connectivity index (χ2v) is 9.78. The second kappa shape index (κ2) is 7.90. The number of rotatable bonds is 7. The molecule has 0 amide bonds. The smallest absolute Gasteiger partial charge is 0.00645 e. The fraction of sp³-hybridized carbons (Fsp3) is 0.500. The summed E-state index contributed by atoms with van der Waals surface area (Å²) in [6, 6.07) is 11.8. The van der Waals surface area contributed by atoms with Crippen LogP contribution in [0.15, 0.2) is 35.9 Å². The van der Waals surface area contributed by atoms with E-state index in [1.54, 1.807) is 22.3 Å². The lowest BCUT2D eigenvalue weighted by molar-refractivity contribution is 0.435. The summed E-state index contributed by atoms with van der Waals surface area (Å²) in [5.74, 6) is 1.68. The van der Waals surface area contributed by atoms with Crippen LogP contribution in [-0.2, 0) is 6.42 Å². The lowest BCUT2D eigenvalue weighted by Crippen LogP contribution is -2.07. The van der Waals surface area contributed by atoms with E-state index >= 15 is 0 Å². The van der Waals surface area contributed by atoms with E-state index in [-0.39, 0.29) is 0 Å². The number of benzene rings is 2. The molecular formula is C28H36. The predicted molar refractivity (Wildman–Crippen MR) is 123 cm³/mol. The Labute approximate surface area is 172 Å². The molecule has 0 aromatic heterocycles. The molecule has 0 N–H and O–H groups in total. The van der Waals surface area contributed by atoms with Gasteiger partial charge in [-0.3, -0.25) is 0 Å². The van der Waals surface area contributed by atoms with E-state index in [0.717, 1.165) is 11.8 Å². The number of fused-ring (bicyclic) bond motifs is 3. The monoisotopic (exact) mass is 372 g/mol. The Morgan fingerprint density at radius 3 is 2.39 bits per heavy atom. The summed E-state index contributed by atoms with van der Waals surface area (Å²) in [6.07, 6.45) is 9.24. The van der Waals surface area contributed by atoms with Crippen molar-refractivity contribution in [1.29, 1.82) is 0 Å². The molecule has 2 aromatic rings. The van der Waals surface area contributed by atoms with Crippen LogP contribution in [0.5, 0.6) is 0 Å². The normalized spacial score (nSPS) is 15.8. The minimum absolute atomic E-state index is 0.837. The quantitative estimate of drug-likeness (QED) is 0.391. The van der Waals surface area contributed by atoms with Gasteiger partial charge in [0.05, 0.1) is 0 Å². The molecule has 4 rings (SSSR count). The third-order valence-electron chi connectivity index (χ3n) is 6.98. The van der Waals surface area contributed by atoms with E-state index in [1.807, 2.05) is 0 Å². The summed E-state index contributed by atoms with van der Waals surface area (Å²) in [6.45, 7) is 11.7. The Balaban J connectivity index is 1.64. The van der Waals surface area contributed by atoms with Gasteiger partial charge in [0.2, 0.25) is 0 Å². The number of hydrogen-bond donors (Lipinski definition) is 0. The van der Waals surface area contributed by atoms with Gasteiger partial charge < -0.3 is 0 Å². The van der Waals surface area contributed by atoms with E-state index in [9.17, 15) is 0 Å². The highest BCUT2D eigenvalue weighted by molar-refractivity contribution is 6.04. The van der Waals surface area contributed by atoms with Crippen LogP contribution in [0.3, 0.4) is 0 Å². The van der Waals surface area contributed by atoms with E-state index in [1.165, 1.54) is 72.8 Å². The van der Waals surface area contributed by atoms with Crippen LogP contribution in [0, 0.1) is 25.7 Å². The van der Waals surface area contributed by atoms with Crippen LogP contribution in [0.25, 0.3) is 16.7 Å². The third-order valence-corrected chi connectivity index (χ3v) is 6.98. The molecule has 148 valence electrons. The van der Waals surface area contributed by atoms with Crippen molar-refractivity contribution in [2.45, 2.75) is 79.6 Å². The Morgan fingerprint density at radius 2 is 1.61 bits per heavy atom. The van der Waals surface area contributed by atoms with Crippen molar-refractivity contribution in [2.24, 2.45) is 11.8 Å². The van der Waals surface area contributed by atoms with Crippen LogP contribution in [0.2, 0.25) is 0 Å². The Kier molecular flexibility index (Phi) is 5.50. The largest absolute Gasteiger partial charge is 0.0628 e. The third kappa shape index (κ3) is 3.59. The summed E-state index contributed by atoms with van der Waals surface area (Å²) in [4.78, 5) is 0. The first-order chi connectivity index (χ1) is 13.5. The molecular weight excluding hydrogens is 336 g/mol. The highest BCUT2D eigenvalue weighted by Gasteiger charge is 2.31. The van der Waals surface area contributed by atoms with Gasteiger partial charge in [0.1, 0.15) is 0 Å². The summed E-state index contributed by atoms with van der Waals surface area (Å²) in [5, 5.41) is 0. The highest BCUT2D eigenvalue weighted by atomic mass is 14.3. The van der Waals surface area contributed by atoms with Crippen molar-refractivity contribution >= 4 is 5.57 Å². The van der Waals surface area contributed by atoms with Gasteiger partial charge in [0, 0.05) is 0 Å². The standard InChI is InChI=1S/C28H36/c1-18(2)7-6-8-19(3)9-12-22-13-16-23-21(5)11-15-25-24-14-10-20(4)17-26(24)27(22)28(23)25/h10-11,14-15,17-19H,6-9,12-13,16H2,1-5H3. The summed E-state index contributed by atoms with van der Waals surface area (Å²) in [7, 11) is 0. The maximum atomic E-state index is 2.46. The van der Waals surface area contributed by atoms with E-state index in [4.69, 9.17) is 0 Å². The molecule has 2 aliphatic carbocycles. The molecule has 0 nitrogen and oxygen atoms in total. The zero-order valence-electron chi connectivity index (χ0n) is 18.5. The van der Waals surface area contributed by atoms with Gasteiger partial charge >= 0.3 is 0 Å². The molecule has 0 spiro atoms. The average molecular weight is 373 g/mol. The minimum Gasteiger partial charge on any atom is -0.0628 e. The summed E-state index contributed by atoms with van der Waals surface area (Å²) >= 11 is 0. The zero-order valence-corrected chi connectivity index (χ0v) is 18.5. The van der Waals surface area contributed by atoms with Gasteiger partial charge in [0.25, 0.3) is 0 Å². The van der Waals surface area contributed by atoms with Crippen molar-refractivity contribution in [3.05, 3.63) is 63.7 Å². The predicted octanol–water partition coefficient (Wildman–Crippen LogP) is 8.27. The molecule has 0 saturated heterocycles. The van der Waals surface area contributed by atoms with Crippen molar-refractivity contribution < 1.29 is 0 Å². The maximum absolute atomic E-state index is 2.46. The number of allylic oxidation sites excluding steroid dienone is 1. The van der Waals surface area contributed by atoms with Gasteiger partial charge in [-0.05, 0) is 90.3 Å². The fourth-order valence-electron chi connectivity index (χ4n) is 5.28. The molecule has 2 aromatic carbocycles. The molecule has 0 fully saturated rings. The summed E-state index contributed by atoms with van der Waals surface area (Å²) in [5.41, 5.74) is 13.8. The van der Waals surface area contributed by atoms with Crippen molar-refractivity contribution in [1.82, 2.24) is 0 Å². The fourth-order valence-corrected chi connectivity index (χ4v) is 5.28. The number of hydrogen-bond acceptors (Lipinski definition) is 0. The molecule has 1 unspecified atom stereocenters.